The van der Waals surface area contributed by atoms with Gasteiger partial charge in [-0.1, -0.05) is 31.5 Å². The molecule has 8 heteroatoms. The Labute approximate surface area is 178 Å². The van der Waals surface area contributed by atoms with Gasteiger partial charge in [0.15, 0.2) is 11.5 Å². The summed E-state index contributed by atoms with van der Waals surface area (Å²) in [5, 5.41) is 16.5. The van der Waals surface area contributed by atoms with Crippen LogP contribution in [0.4, 0.5) is 0 Å². The molecule has 3 N–H and O–H groups in total. The lowest BCUT2D eigenvalue weighted by Crippen LogP contribution is -2.48. The number of benzene rings is 2. The van der Waals surface area contributed by atoms with E-state index in [0.717, 1.165) is 5.56 Å². The number of aryl methyl sites for hydroxylation is 1. The van der Waals surface area contributed by atoms with Gasteiger partial charge in [0.2, 0.25) is 0 Å². The predicted octanol–water partition coefficient (Wildman–Crippen LogP) is 3.38. The lowest BCUT2D eigenvalue weighted by molar-refractivity contribution is -0.123. The number of aromatic hydroxyl groups is 1. The zero-order valence-corrected chi connectivity index (χ0v) is 18.3. The molecule has 0 fully saturated rings. The average Bonchev–Trinajstić information content (AvgIpc) is 2.68. The molecule has 0 spiro atoms. The largest absolute Gasteiger partial charge is 0.503 e. The van der Waals surface area contributed by atoms with Crippen molar-refractivity contribution in [1.29, 1.82) is 0 Å². The molecule has 154 valence electrons. The van der Waals surface area contributed by atoms with Crippen molar-refractivity contribution in [3.63, 3.8) is 0 Å². The summed E-state index contributed by atoms with van der Waals surface area (Å²) in [5.74, 6) is -0.635. The summed E-state index contributed by atoms with van der Waals surface area (Å²) in [5.41, 5.74) is 4.59. The lowest BCUT2D eigenvalue weighted by atomic mass is 10.0. The molecule has 29 heavy (non-hydrogen) atoms. The number of nitrogens with zero attached hydrogens (tertiary/aromatic N) is 1. The average molecular weight is 462 g/mol. The van der Waals surface area contributed by atoms with Gasteiger partial charge in [0.05, 0.1) is 17.8 Å². The molecule has 0 saturated carbocycles. The molecule has 0 aromatic heterocycles. The summed E-state index contributed by atoms with van der Waals surface area (Å²) in [6.45, 7) is 5.61. The van der Waals surface area contributed by atoms with Crippen molar-refractivity contribution in [3.8, 4) is 11.5 Å². The first kappa shape index (κ1) is 22.4. The number of hydrogen-bond donors (Lipinski definition) is 3. The van der Waals surface area contributed by atoms with Gasteiger partial charge in [-0.3, -0.25) is 9.59 Å². The third-order valence-electron chi connectivity index (χ3n) is 4.21. The minimum absolute atomic E-state index is 0.0209. The van der Waals surface area contributed by atoms with Crippen LogP contribution in [0.3, 0.4) is 0 Å². The first-order chi connectivity index (χ1) is 13.7. The van der Waals surface area contributed by atoms with Gasteiger partial charge in [-0.2, -0.15) is 5.10 Å². The van der Waals surface area contributed by atoms with E-state index in [9.17, 15) is 14.7 Å². The smallest absolute Gasteiger partial charge is 0.262 e. The summed E-state index contributed by atoms with van der Waals surface area (Å²) in [7, 11) is 1.44. The molecule has 1 unspecified atom stereocenters. The van der Waals surface area contributed by atoms with E-state index in [4.69, 9.17) is 4.74 Å². The van der Waals surface area contributed by atoms with Crippen LogP contribution in [0.5, 0.6) is 11.5 Å². The Hall–Kier alpha value is -2.87. The topological polar surface area (TPSA) is 100 Å². The molecule has 1 atom stereocenters. The Balaban J connectivity index is 2.06. The molecular formula is C21H24BrN3O4. The second-order valence-electron chi connectivity index (χ2n) is 6.85. The molecule has 0 aliphatic rings. The highest BCUT2D eigenvalue weighted by molar-refractivity contribution is 9.10. The molecule has 2 rings (SSSR count). The van der Waals surface area contributed by atoms with Gasteiger partial charge in [-0.25, -0.2) is 5.43 Å². The van der Waals surface area contributed by atoms with E-state index in [-0.39, 0.29) is 23.3 Å². The molecule has 0 heterocycles. The highest BCUT2D eigenvalue weighted by atomic mass is 79.9. The molecule has 2 aromatic rings. The SMILES string of the molecule is COc1cc(/C=N/NC(=O)C(NC(=O)c2ccc(C)cc2)C(C)C)cc(Br)c1O. The molecule has 0 saturated heterocycles. The van der Waals surface area contributed by atoms with Crippen molar-refractivity contribution < 1.29 is 19.4 Å². The quantitative estimate of drug-likeness (QED) is 0.434. The third kappa shape index (κ3) is 6.05. The normalized spacial score (nSPS) is 12.1. The molecule has 0 aliphatic carbocycles. The van der Waals surface area contributed by atoms with E-state index < -0.39 is 11.9 Å². The number of carbonyl (C=O) groups excluding carboxylic acids is 2. The number of phenols is 1. The van der Waals surface area contributed by atoms with Crippen LogP contribution in [0, 0.1) is 12.8 Å². The summed E-state index contributed by atoms with van der Waals surface area (Å²) in [6.07, 6.45) is 1.42. The minimum Gasteiger partial charge on any atom is -0.503 e. The van der Waals surface area contributed by atoms with Crippen molar-refractivity contribution in [2.45, 2.75) is 26.8 Å². The van der Waals surface area contributed by atoms with Crippen LogP contribution in [0.1, 0.15) is 35.3 Å². The highest BCUT2D eigenvalue weighted by Crippen LogP contribution is 2.34. The summed E-state index contributed by atoms with van der Waals surface area (Å²) >= 11 is 3.23. The van der Waals surface area contributed by atoms with E-state index in [1.54, 1.807) is 24.3 Å². The van der Waals surface area contributed by atoms with Gasteiger partial charge >= 0.3 is 0 Å². The van der Waals surface area contributed by atoms with Crippen LogP contribution in [-0.4, -0.2) is 36.3 Å². The maximum atomic E-state index is 12.5. The van der Waals surface area contributed by atoms with Crippen molar-refractivity contribution in [2.24, 2.45) is 11.0 Å². The molecular weight excluding hydrogens is 438 g/mol. The number of amides is 2. The standard InChI is InChI=1S/C21H24BrN3O4/c1-12(2)18(24-20(27)15-7-5-13(3)6-8-15)21(28)25-23-11-14-9-16(22)19(26)17(10-14)29-4/h5-12,18,26H,1-4H3,(H,24,27)(H,25,28)/b23-11+. The fraction of sp³-hybridized carbons (Fsp3) is 0.286. The van der Waals surface area contributed by atoms with Crippen LogP contribution in [0.25, 0.3) is 0 Å². The molecule has 0 aliphatic heterocycles. The van der Waals surface area contributed by atoms with E-state index in [2.05, 4.69) is 31.8 Å². The summed E-state index contributed by atoms with van der Waals surface area (Å²) < 4.78 is 5.52. The fourth-order valence-corrected chi connectivity index (χ4v) is 2.99. The first-order valence-electron chi connectivity index (χ1n) is 9.00. The van der Waals surface area contributed by atoms with Crippen LogP contribution >= 0.6 is 15.9 Å². The van der Waals surface area contributed by atoms with Gasteiger partial charge in [-0.15, -0.1) is 0 Å². The number of halogens is 1. The maximum absolute atomic E-state index is 12.5. The number of ether oxygens (including phenoxy) is 1. The summed E-state index contributed by atoms with van der Waals surface area (Å²) in [6, 6.07) is 9.58. The predicted molar refractivity (Wildman–Crippen MR) is 115 cm³/mol. The number of phenolic OH excluding ortho intramolecular Hbond substituents is 1. The number of nitrogens with one attached hydrogen (secondary N) is 2. The number of methoxy groups -OCH3 is 1. The van der Waals surface area contributed by atoms with Gasteiger partial charge < -0.3 is 15.2 Å². The van der Waals surface area contributed by atoms with Crippen LogP contribution in [-0.2, 0) is 4.79 Å². The van der Waals surface area contributed by atoms with E-state index in [0.29, 0.717) is 15.6 Å². The van der Waals surface area contributed by atoms with Gasteiger partial charge in [-0.05, 0) is 58.6 Å². The molecule has 2 aromatic carbocycles. The zero-order chi connectivity index (χ0) is 21.6. The van der Waals surface area contributed by atoms with Crippen molar-refractivity contribution in [3.05, 3.63) is 57.6 Å². The van der Waals surface area contributed by atoms with Crippen molar-refractivity contribution in [2.75, 3.05) is 7.11 Å². The Morgan fingerprint density at radius 3 is 2.45 bits per heavy atom. The van der Waals surface area contributed by atoms with E-state index in [1.165, 1.54) is 13.3 Å². The number of hydrazone groups is 1. The monoisotopic (exact) mass is 461 g/mol. The second-order valence-corrected chi connectivity index (χ2v) is 7.70. The Morgan fingerprint density at radius 2 is 1.86 bits per heavy atom. The third-order valence-corrected chi connectivity index (χ3v) is 4.81. The number of hydrogen-bond acceptors (Lipinski definition) is 5. The number of carbonyl (C=O) groups is 2. The van der Waals surface area contributed by atoms with Gasteiger partial charge in [0, 0.05) is 5.56 Å². The second kappa shape index (κ2) is 10.1. The van der Waals surface area contributed by atoms with E-state index >= 15 is 0 Å². The first-order valence-corrected chi connectivity index (χ1v) is 9.79. The van der Waals surface area contributed by atoms with Crippen LogP contribution in [0.15, 0.2) is 46.0 Å². The molecule has 0 radical (unpaired) electrons. The molecule has 2 amide bonds. The van der Waals surface area contributed by atoms with Gasteiger partial charge in [0.1, 0.15) is 6.04 Å². The summed E-state index contributed by atoms with van der Waals surface area (Å²) in [4.78, 5) is 25.0. The highest BCUT2D eigenvalue weighted by Gasteiger charge is 2.24. The van der Waals surface area contributed by atoms with Crippen molar-refractivity contribution in [1.82, 2.24) is 10.7 Å². The van der Waals surface area contributed by atoms with Crippen LogP contribution in [0.2, 0.25) is 0 Å². The van der Waals surface area contributed by atoms with E-state index in [1.807, 2.05) is 32.9 Å². The van der Waals surface area contributed by atoms with Crippen molar-refractivity contribution >= 4 is 34.0 Å². The Kier molecular flexibility index (Phi) is 7.78. The van der Waals surface area contributed by atoms with Crippen LogP contribution < -0.4 is 15.5 Å². The number of rotatable bonds is 7. The fourth-order valence-electron chi connectivity index (χ4n) is 2.53. The zero-order valence-electron chi connectivity index (χ0n) is 16.7. The lowest BCUT2D eigenvalue weighted by Gasteiger charge is -2.20. The molecule has 7 nitrogen and oxygen atoms in total. The molecule has 0 bridgehead atoms. The van der Waals surface area contributed by atoms with Gasteiger partial charge in [0.25, 0.3) is 11.8 Å². The maximum Gasteiger partial charge on any atom is 0.262 e. The minimum atomic E-state index is -0.748. The Morgan fingerprint density at radius 1 is 1.21 bits per heavy atom. The Bertz CT molecular complexity index is 911.